The third-order valence-corrected chi connectivity index (χ3v) is 5.66. The summed E-state index contributed by atoms with van der Waals surface area (Å²) in [5.41, 5.74) is 0. The van der Waals surface area contributed by atoms with E-state index in [-0.39, 0.29) is 0 Å². The first-order valence-corrected chi connectivity index (χ1v) is 7.67. The number of thioether (sulfide) groups is 1. The van der Waals surface area contributed by atoms with Crippen LogP contribution in [-0.2, 0) is 9.84 Å². The molecule has 76 valence electrons. The first kappa shape index (κ1) is 9.80. The van der Waals surface area contributed by atoms with Gasteiger partial charge in [-0.3, -0.25) is 0 Å². The van der Waals surface area contributed by atoms with Gasteiger partial charge in [-0.2, -0.15) is 11.8 Å². The van der Waals surface area contributed by atoms with Gasteiger partial charge in [0.2, 0.25) is 0 Å². The maximum Gasteiger partial charge on any atom is 0.150 e. The molecule has 2 heterocycles. The summed E-state index contributed by atoms with van der Waals surface area (Å²) >= 11 is 1.95. The largest absolute Gasteiger partial charge is 0.310 e. The highest BCUT2D eigenvalue weighted by atomic mass is 32.2. The van der Waals surface area contributed by atoms with Crippen LogP contribution in [-0.4, -0.2) is 43.5 Å². The van der Waals surface area contributed by atoms with E-state index in [0.29, 0.717) is 23.6 Å². The number of sulfone groups is 1. The summed E-state index contributed by atoms with van der Waals surface area (Å²) in [4.78, 5) is 0. The van der Waals surface area contributed by atoms with Crippen molar-refractivity contribution < 1.29 is 8.42 Å². The molecule has 1 N–H and O–H groups in total. The molecule has 0 aliphatic carbocycles. The van der Waals surface area contributed by atoms with Gasteiger partial charge in [-0.25, -0.2) is 8.42 Å². The molecule has 0 saturated carbocycles. The molecule has 2 fully saturated rings. The molecule has 2 saturated heterocycles. The molecule has 0 spiro atoms. The van der Waals surface area contributed by atoms with Gasteiger partial charge in [0.15, 0.2) is 0 Å². The zero-order chi connectivity index (χ0) is 9.31. The average Bonchev–Trinajstić information content (AvgIpc) is 1.99. The Morgan fingerprint density at radius 2 is 1.69 bits per heavy atom. The van der Waals surface area contributed by atoms with E-state index in [2.05, 4.69) is 5.32 Å². The lowest BCUT2D eigenvalue weighted by molar-refractivity contribution is 0.426. The van der Waals surface area contributed by atoms with E-state index in [0.717, 1.165) is 12.8 Å². The Morgan fingerprint density at radius 3 is 2.15 bits per heavy atom. The van der Waals surface area contributed by atoms with Crippen molar-refractivity contribution in [1.82, 2.24) is 5.32 Å². The SMILES string of the molecule is O=S1(=O)CCC(NC2CSC2)CC1. The van der Waals surface area contributed by atoms with E-state index in [4.69, 9.17) is 0 Å². The fraction of sp³-hybridized carbons (Fsp3) is 1.00. The van der Waals surface area contributed by atoms with Crippen LogP contribution in [0.2, 0.25) is 0 Å². The first-order chi connectivity index (χ1) is 6.16. The lowest BCUT2D eigenvalue weighted by Gasteiger charge is -2.32. The van der Waals surface area contributed by atoms with E-state index in [1.165, 1.54) is 11.5 Å². The average molecular weight is 221 g/mol. The van der Waals surface area contributed by atoms with Crippen LogP contribution in [0.3, 0.4) is 0 Å². The number of nitrogens with one attached hydrogen (secondary N) is 1. The summed E-state index contributed by atoms with van der Waals surface area (Å²) in [7, 11) is -2.69. The molecule has 0 radical (unpaired) electrons. The van der Waals surface area contributed by atoms with Gasteiger partial charge in [-0.05, 0) is 12.8 Å². The summed E-state index contributed by atoms with van der Waals surface area (Å²) in [6.45, 7) is 0. The third-order valence-electron chi connectivity index (χ3n) is 2.66. The Balaban J connectivity index is 1.77. The van der Waals surface area contributed by atoms with E-state index in [1.54, 1.807) is 0 Å². The molecular formula is C8H15NO2S2. The molecule has 5 heteroatoms. The monoisotopic (exact) mass is 221 g/mol. The summed E-state index contributed by atoms with van der Waals surface area (Å²) in [5.74, 6) is 3.15. The predicted molar refractivity (Wildman–Crippen MR) is 55.9 cm³/mol. The summed E-state index contributed by atoms with van der Waals surface area (Å²) in [6, 6.07) is 1.10. The molecule has 0 aromatic rings. The Morgan fingerprint density at radius 1 is 1.08 bits per heavy atom. The molecule has 2 aliphatic heterocycles. The van der Waals surface area contributed by atoms with Crippen molar-refractivity contribution in [2.45, 2.75) is 24.9 Å². The summed E-state index contributed by atoms with van der Waals surface area (Å²) in [5, 5.41) is 3.51. The van der Waals surface area contributed by atoms with E-state index >= 15 is 0 Å². The molecule has 0 atom stereocenters. The van der Waals surface area contributed by atoms with Crippen molar-refractivity contribution in [3.8, 4) is 0 Å². The van der Waals surface area contributed by atoms with Crippen molar-refractivity contribution >= 4 is 21.6 Å². The quantitative estimate of drug-likeness (QED) is 0.727. The Hall–Kier alpha value is 0.260. The van der Waals surface area contributed by atoms with E-state index < -0.39 is 9.84 Å². The van der Waals surface area contributed by atoms with Crippen molar-refractivity contribution in [3.05, 3.63) is 0 Å². The standard InChI is InChI=1S/C8H15NO2S2/c10-13(11)3-1-7(2-4-13)9-8-5-12-6-8/h7-9H,1-6H2. The number of hydrogen-bond donors (Lipinski definition) is 1. The second-order valence-corrected chi connectivity index (χ2v) is 7.21. The zero-order valence-corrected chi connectivity index (χ0v) is 9.16. The topological polar surface area (TPSA) is 46.2 Å². The molecule has 3 nitrogen and oxygen atoms in total. The maximum atomic E-state index is 11.1. The second-order valence-electron chi connectivity index (χ2n) is 3.83. The lowest BCUT2D eigenvalue weighted by atomic mass is 10.1. The van der Waals surface area contributed by atoms with Crippen molar-refractivity contribution in [2.24, 2.45) is 0 Å². The van der Waals surface area contributed by atoms with Gasteiger partial charge in [0.1, 0.15) is 9.84 Å². The van der Waals surface area contributed by atoms with Crippen molar-refractivity contribution in [2.75, 3.05) is 23.0 Å². The first-order valence-electron chi connectivity index (χ1n) is 4.70. The smallest absolute Gasteiger partial charge is 0.150 e. The molecule has 0 unspecified atom stereocenters. The molecule has 13 heavy (non-hydrogen) atoms. The minimum Gasteiger partial charge on any atom is -0.310 e. The van der Waals surface area contributed by atoms with Crippen LogP contribution in [0.1, 0.15) is 12.8 Å². The molecular weight excluding hydrogens is 206 g/mol. The summed E-state index contributed by atoms with van der Waals surface area (Å²) in [6.07, 6.45) is 1.62. The van der Waals surface area contributed by atoms with E-state index in [1.807, 2.05) is 11.8 Å². The van der Waals surface area contributed by atoms with Gasteiger partial charge in [0, 0.05) is 23.6 Å². The normalized spacial score (nSPS) is 29.8. The molecule has 2 rings (SSSR count). The van der Waals surface area contributed by atoms with Crippen LogP contribution in [0.5, 0.6) is 0 Å². The minimum atomic E-state index is -2.69. The molecule has 0 aromatic heterocycles. The molecule has 2 aliphatic rings. The minimum absolute atomic E-state index is 0.379. The highest BCUT2D eigenvalue weighted by Gasteiger charge is 2.27. The van der Waals surface area contributed by atoms with Gasteiger partial charge in [-0.1, -0.05) is 0 Å². The summed E-state index contributed by atoms with van der Waals surface area (Å²) < 4.78 is 22.3. The van der Waals surface area contributed by atoms with Crippen LogP contribution in [0.25, 0.3) is 0 Å². The molecule has 0 bridgehead atoms. The molecule has 0 aromatic carbocycles. The van der Waals surface area contributed by atoms with Crippen LogP contribution in [0.4, 0.5) is 0 Å². The zero-order valence-electron chi connectivity index (χ0n) is 7.53. The Bertz CT molecular complexity index is 258. The van der Waals surface area contributed by atoms with E-state index in [9.17, 15) is 8.42 Å². The van der Waals surface area contributed by atoms with Gasteiger partial charge >= 0.3 is 0 Å². The van der Waals surface area contributed by atoms with Crippen LogP contribution in [0, 0.1) is 0 Å². The van der Waals surface area contributed by atoms with Gasteiger partial charge < -0.3 is 5.32 Å². The fourth-order valence-electron chi connectivity index (χ4n) is 1.72. The van der Waals surface area contributed by atoms with Crippen LogP contribution < -0.4 is 5.32 Å². The van der Waals surface area contributed by atoms with Crippen LogP contribution >= 0.6 is 11.8 Å². The lowest BCUT2D eigenvalue weighted by Crippen LogP contribution is -2.48. The number of hydrogen-bond acceptors (Lipinski definition) is 4. The molecule has 0 amide bonds. The number of rotatable bonds is 2. The predicted octanol–water partition coefficient (Wildman–Crippen LogP) is 0.269. The van der Waals surface area contributed by atoms with Gasteiger partial charge in [0.25, 0.3) is 0 Å². The second kappa shape index (κ2) is 3.79. The van der Waals surface area contributed by atoms with Crippen LogP contribution in [0.15, 0.2) is 0 Å². The fourth-order valence-corrected chi connectivity index (χ4v) is 3.88. The third kappa shape index (κ3) is 2.60. The maximum absolute atomic E-state index is 11.1. The van der Waals surface area contributed by atoms with Crippen molar-refractivity contribution in [1.29, 1.82) is 0 Å². The van der Waals surface area contributed by atoms with Gasteiger partial charge in [0.05, 0.1) is 11.5 Å². The highest BCUT2D eigenvalue weighted by Crippen LogP contribution is 2.20. The van der Waals surface area contributed by atoms with Gasteiger partial charge in [-0.15, -0.1) is 0 Å². The Kier molecular flexibility index (Phi) is 2.86. The highest BCUT2D eigenvalue weighted by molar-refractivity contribution is 8.00. The van der Waals surface area contributed by atoms with Crippen molar-refractivity contribution in [3.63, 3.8) is 0 Å². The Labute approximate surface area is 83.6 Å².